The number of ketones is 1. The SMILES string of the molecule is CC(C)C(C)(C)C(=O)N1CCCC(C(=O)CCCC(N)=O)C1. The summed E-state index contributed by atoms with van der Waals surface area (Å²) in [5.74, 6) is 0.0883. The Morgan fingerprint density at radius 1 is 1.23 bits per heavy atom. The van der Waals surface area contributed by atoms with E-state index in [1.54, 1.807) is 0 Å². The molecule has 0 aromatic heterocycles. The first-order valence-electron chi connectivity index (χ1n) is 8.26. The second-order valence-corrected chi connectivity index (χ2v) is 7.25. The Morgan fingerprint density at radius 2 is 1.86 bits per heavy atom. The Bertz CT molecular complexity index is 430. The van der Waals surface area contributed by atoms with Crippen molar-refractivity contribution < 1.29 is 14.4 Å². The van der Waals surface area contributed by atoms with Gasteiger partial charge in [0.25, 0.3) is 0 Å². The zero-order valence-corrected chi connectivity index (χ0v) is 14.4. The maximum Gasteiger partial charge on any atom is 0.228 e. The van der Waals surface area contributed by atoms with Crippen molar-refractivity contribution in [3.05, 3.63) is 0 Å². The highest BCUT2D eigenvalue weighted by Crippen LogP contribution is 2.31. The van der Waals surface area contributed by atoms with Gasteiger partial charge in [0.1, 0.15) is 5.78 Å². The highest BCUT2D eigenvalue weighted by Gasteiger charge is 2.37. The molecule has 1 fully saturated rings. The molecule has 1 rings (SSSR count). The van der Waals surface area contributed by atoms with E-state index in [0.717, 1.165) is 19.4 Å². The molecule has 0 saturated carbocycles. The fraction of sp³-hybridized carbons (Fsp3) is 0.824. The quantitative estimate of drug-likeness (QED) is 0.782. The molecule has 0 aromatic rings. The van der Waals surface area contributed by atoms with Crippen LogP contribution in [0.4, 0.5) is 0 Å². The fourth-order valence-electron chi connectivity index (χ4n) is 2.72. The molecule has 1 heterocycles. The minimum Gasteiger partial charge on any atom is -0.370 e. The highest BCUT2D eigenvalue weighted by molar-refractivity contribution is 5.85. The van der Waals surface area contributed by atoms with Crippen LogP contribution in [0.1, 0.15) is 59.8 Å². The number of amides is 2. The summed E-state index contributed by atoms with van der Waals surface area (Å²) in [6.07, 6.45) is 2.84. The van der Waals surface area contributed by atoms with Gasteiger partial charge in [-0.1, -0.05) is 27.7 Å². The summed E-state index contributed by atoms with van der Waals surface area (Å²) in [6.45, 7) is 9.30. The molecule has 1 atom stereocenters. The van der Waals surface area contributed by atoms with Crippen molar-refractivity contribution in [3.63, 3.8) is 0 Å². The molecule has 1 aliphatic rings. The number of carbonyl (C=O) groups is 3. The molecule has 0 bridgehead atoms. The predicted molar refractivity (Wildman–Crippen MR) is 86.0 cm³/mol. The maximum absolute atomic E-state index is 12.7. The van der Waals surface area contributed by atoms with E-state index in [4.69, 9.17) is 5.73 Å². The van der Waals surface area contributed by atoms with E-state index in [9.17, 15) is 14.4 Å². The van der Waals surface area contributed by atoms with Gasteiger partial charge in [0.2, 0.25) is 11.8 Å². The lowest BCUT2D eigenvalue weighted by Gasteiger charge is -2.39. The third kappa shape index (κ3) is 4.82. The van der Waals surface area contributed by atoms with Gasteiger partial charge < -0.3 is 10.6 Å². The monoisotopic (exact) mass is 310 g/mol. The van der Waals surface area contributed by atoms with Crippen LogP contribution < -0.4 is 5.73 Å². The molecule has 2 N–H and O–H groups in total. The van der Waals surface area contributed by atoms with E-state index in [0.29, 0.717) is 19.4 Å². The fourth-order valence-corrected chi connectivity index (χ4v) is 2.72. The van der Waals surface area contributed by atoms with E-state index >= 15 is 0 Å². The normalized spacial score (nSPS) is 19.3. The van der Waals surface area contributed by atoms with Crippen LogP contribution in [-0.4, -0.2) is 35.6 Å². The van der Waals surface area contributed by atoms with Crippen LogP contribution >= 0.6 is 0 Å². The van der Waals surface area contributed by atoms with Crippen LogP contribution in [0.25, 0.3) is 0 Å². The molecular formula is C17H30N2O3. The van der Waals surface area contributed by atoms with E-state index in [2.05, 4.69) is 0 Å². The highest BCUT2D eigenvalue weighted by atomic mass is 16.2. The minimum absolute atomic E-state index is 0.0893. The van der Waals surface area contributed by atoms with Crippen molar-refractivity contribution in [2.45, 2.75) is 59.8 Å². The van der Waals surface area contributed by atoms with Crippen molar-refractivity contribution in [3.8, 4) is 0 Å². The molecule has 1 saturated heterocycles. The summed E-state index contributed by atoms with van der Waals surface area (Å²) >= 11 is 0. The molecular weight excluding hydrogens is 280 g/mol. The second kappa shape index (κ2) is 7.75. The van der Waals surface area contributed by atoms with Gasteiger partial charge in [-0.15, -0.1) is 0 Å². The first kappa shape index (κ1) is 18.7. The average molecular weight is 310 g/mol. The van der Waals surface area contributed by atoms with Gasteiger partial charge in [0.05, 0.1) is 0 Å². The lowest BCUT2D eigenvalue weighted by Crippen LogP contribution is -2.49. The number of likely N-dealkylation sites (tertiary alicyclic amines) is 1. The first-order valence-corrected chi connectivity index (χ1v) is 8.26. The Morgan fingerprint density at radius 3 is 2.41 bits per heavy atom. The van der Waals surface area contributed by atoms with Crippen molar-refractivity contribution in [2.24, 2.45) is 23.0 Å². The molecule has 0 aromatic carbocycles. The molecule has 0 radical (unpaired) electrons. The van der Waals surface area contributed by atoms with Crippen LogP contribution in [0.5, 0.6) is 0 Å². The Hall–Kier alpha value is -1.39. The van der Waals surface area contributed by atoms with Gasteiger partial charge >= 0.3 is 0 Å². The number of carbonyl (C=O) groups excluding carboxylic acids is 3. The number of hydrogen-bond acceptors (Lipinski definition) is 3. The van der Waals surface area contributed by atoms with Gasteiger partial charge in [0, 0.05) is 37.3 Å². The molecule has 0 spiro atoms. The van der Waals surface area contributed by atoms with Gasteiger partial charge in [-0.25, -0.2) is 0 Å². The average Bonchev–Trinajstić information content (AvgIpc) is 2.45. The summed E-state index contributed by atoms with van der Waals surface area (Å²) in [5, 5.41) is 0. The largest absolute Gasteiger partial charge is 0.370 e. The topological polar surface area (TPSA) is 80.5 Å². The molecule has 0 aliphatic carbocycles. The molecule has 5 nitrogen and oxygen atoms in total. The number of nitrogens with zero attached hydrogens (tertiary/aromatic N) is 1. The number of nitrogens with two attached hydrogens (primary N) is 1. The van der Waals surface area contributed by atoms with Crippen molar-refractivity contribution in [2.75, 3.05) is 13.1 Å². The van der Waals surface area contributed by atoms with Gasteiger partial charge in [-0.05, 0) is 25.2 Å². The summed E-state index contributed by atoms with van der Waals surface area (Å²) in [4.78, 5) is 37.5. The zero-order chi connectivity index (χ0) is 16.9. The molecule has 1 unspecified atom stereocenters. The maximum atomic E-state index is 12.7. The third-order valence-electron chi connectivity index (χ3n) is 5.00. The van der Waals surface area contributed by atoms with Gasteiger partial charge in [0.15, 0.2) is 0 Å². The van der Waals surface area contributed by atoms with Crippen LogP contribution in [0.3, 0.4) is 0 Å². The Kier molecular flexibility index (Phi) is 6.57. The first-order chi connectivity index (χ1) is 10.2. The summed E-state index contributed by atoms with van der Waals surface area (Å²) in [7, 11) is 0. The van der Waals surface area contributed by atoms with Crippen LogP contribution in [0.15, 0.2) is 0 Å². The number of hydrogen-bond donors (Lipinski definition) is 1. The summed E-state index contributed by atoms with van der Waals surface area (Å²) in [5.41, 5.74) is 4.69. The lowest BCUT2D eigenvalue weighted by atomic mass is 9.79. The minimum atomic E-state index is -0.406. The second-order valence-electron chi connectivity index (χ2n) is 7.25. The standard InChI is InChI=1S/C17H30N2O3/c1-12(2)17(3,4)16(22)19-10-6-7-13(11-19)14(20)8-5-9-15(18)21/h12-13H,5-11H2,1-4H3,(H2,18,21). The number of primary amides is 1. The number of Topliss-reactive ketones (excluding diaryl/α,β-unsaturated/α-hetero) is 1. The summed E-state index contributed by atoms with van der Waals surface area (Å²) < 4.78 is 0. The van der Waals surface area contributed by atoms with E-state index in [-0.39, 0.29) is 35.9 Å². The number of piperidine rings is 1. The van der Waals surface area contributed by atoms with E-state index in [1.807, 2.05) is 32.6 Å². The lowest BCUT2D eigenvalue weighted by molar-refractivity contribution is -0.145. The van der Waals surface area contributed by atoms with Gasteiger partial charge in [-0.3, -0.25) is 14.4 Å². The van der Waals surface area contributed by atoms with Crippen molar-refractivity contribution in [1.82, 2.24) is 4.90 Å². The Balaban J connectivity index is 2.59. The molecule has 1 aliphatic heterocycles. The van der Waals surface area contributed by atoms with E-state index in [1.165, 1.54) is 0 Å². The van der Waals surface area contributed by atoms with Crippen LogP contribution in [0, 0.1) is 17.3 Å². The molecule has 5 heteroatoms. The zero-order valence-electron chi connectivity index (χ0n) is 14.4. The smallest absolute Gasteiger partial charge is 0.228 e. The van der Waals surface area contributed by atoms with Crippen molar-refractivity contribution >= 4 is 17.6 Å². The van der Waals surface area contributed by atoms with E-state index < -0.39 is 5.41 Å². The molecule has 126 valence electrons. The van der Waals surface area contributed by atoms with Crippen LogP contribution in [0.2, 0.25) is 0 Å². The molecule has 22 heavy (non-hydrogen) atoms. The van der Waals surface area contributed by atoms with Gasteiger partial charge in [-0.2, -0.15) is 0 Å². The Labute approximate surface area is 133 Å². The summed E-state index contributed by atoms with van der Waals surface area (Å²) in [6, 6.07) is 0. The van der Waals surface area contributed by atoms with Crippen LogP contribution in [-0.2, 0) is 14.4 Å². The molecule has 2 amide bonds. The third-order valence-corrected chi connectivity index (χ3v) is 5.00. The predicted octanol–water partition coefficient (Wildman–Crippen LogP) is 2.13. The number of rotatable bonds is 7. The van der Waals surface area contributed by atoms with Crippen molar-refractivity contribution in [1.29, 1.82) is 0 Å².